The Kier molecular flexibility index (Phi) is 6.22. The molecule has 0 aliphatic heterocycles. The summed E-state index contributed by atoms with van der Waals surface area (Å²) < 4.78 is 1.18. The van der Waals surface area contributed by atoms with Crippen LogP contribution < -0.4 is 0 Å². The van der Waals surface area contributed by atoms with Crippen LogP contribution in [0.1, 0.15) is 39.2 Å². The second-order valence-corrected chi connectivity index (χ2v) is 7.52. The van der Waals surface area contributed by atoms with Crippen molar-refractivity contribution in [3.63, 3.8) is 0 Å². The lowest BCUT2D eigenvalue weighted by molar-refractivity contribution is 0.332. The topological polar surface area (TPSA) is 0 Å². The Balaban J connectivity index is 2.52. The van der Waals surface area contributed by atoms with Gasteiger partial charge >= 0.3 is 0 Å². The fraction of sp³-hybridized carbons (Fsp3) is 0.600. The van der Waals surface area contributed by atoms with Crippen molar-refractivity contribution < 1.29 is 0 Å². The molecule has 1 rings (SSSR count). The highest BCUT2D eigenvalue weighted by atomic mass is 79.9. The summed E-state index contributed by atoms with van der Waals surface area (Å²) in [5, 5.41) is 1.09. The third-order valence-electron chi connectivity index (χ3n) is 2.93. The van der Waals surface area contributed by atoms with E-state index in [0.717, 1.165) is 11.2 Å². The van der Waals surface area contributed by atoms with Crippen LogP contribution in [0.25, 0.3) is 0 Å². The number of hydrogen-bond acceptors (Lipinski definition) is 0. The predicted octanol–water partition coefficient (Wildman–Crippen LogP) is 5.83. The first kappa shape index (κ1) is 15.2. The molecule has 0 amide bonds. The standard InChI is InChI=1S/C15H22Br2/c1-15(2,3)8-7-13(11-16)9-12-5-4-6-14(17)10-12/h4-6,10,13H,7-9,11H2,1-3H3. The minimum absolute atomic E-state index is 0.442. The SMILES string of the molecule is CC(C)(C)CCC(CBr)Cc1cccc(Br)c1. The highest BCUT2D eigenvalue weighted by Gasteiger charge is 2.15. The summed E-state index contributed by atoms with van der Waals surface area (Å²) in [5.41, 5.74) is 1.87. The van der Waals surface area contributed by atoms with E-state index in [1.165, 1.54) is 29.3 Å². The number of benzene rings is 1. The zero-order valence-electron chi connectivity index (χ0n) is 11.0. The van der Waals surface area contributed by atoms with Gasteiger partial charge in [-0.05, 0) is 48.3 Å². The molecule has 0 N–H and O–H groups in total. The van der Waals surface area contributed by atoms with Gasteiger partial charge in [0.2, 0.25) is 0 Å². The molecule has 1 unspecified atom stereocenters. The number of hydrogen-bond donors (Lipinski definition) is 0. The highest BCUT2D eigenvalue weighted by molar-refractivity contribution is 9.10. The minimum atomic E-state index is 0.442. The first-order valence-electron chi connectivity index (χ1n) is 6.21. The van der Waals surface area contributed by atoms with E-state index in [9.17, 15) is 0 Å². The van der Waals surface area contributed by atoms with Gasteiger partial charge in [0.15, 0.2) is 0 Å². The Hall–Kier alpha value is 0.180. The molecule has 17 heavy (non-hydrogen) atoms. The molecule has 1 aromatic rings. The normalized spacial score (nSPS) is 13.7. The molecule has 2 heteroatoms. The average Bonchev–Trinajstić information content (AvgIpc) is 2.23. The van der Waals surface area contributed by atoms with E-state index in [1.807, 2.05) is 0 Å². The van der Waals surface area contributed by atoms with E-state index < -0.39 is 0 Å². The maximum absolute atomic E-state index is 3.65. The van der Waals surface area contributed by atoms with Crippen molar-refractivity contribution in [2.75, 3.05) is 5.33 Å². The highest BCUT2D eigenvalue weighted by Crippen LogP contribution is 2.26. The lowest BCUT2D eigenvalue weighted by Gasteiger charge is -2.22. The second kappa shape index (κ2) is 6.94. The molecule has 1 atom stereocenters. The Labute approximate surface area is 122 Å². The third kappa shape index (κ3) is 6.61. The summed E-state index contributed by atoms with van der Waals surface area (Å²) in [7, 11) is 0. The van der Waals surface area contributed by atoms with E-state index in [2.05, 4.69) is 76.9 Å². The van der Waals surface area contributed by atoms with Crippen molar-refractivity contribution in [1.82, 2.24) is 0 Å². The Morgan fingerprint density at radius 1 is 1.24 bits per heavy atom. The zero-order chi connectivity index (χ0) is 12.9. The Morgan fingerprint density at radius 3 is 2.47 bits per heavy atom. The Morgan fingerprint density at radius 2 is 1.94 bits per heavy atom. The summed E-state index contributed by atoms with van der Waals surface area (Å²) in [5.74, 6) is 0.739. The van der Waals surface area contributed by atoms with Gasteiger partial charge in [-0.1, -0.05) is 64.8 Å². The van der Waals surface area contributed by atoms with Crippen LogP contribution in [0.5, 0.6) is 0 Å². The van der Waals surface area contributed by atoms with Gasteiger partial charge in [0.25, 0.3) is 0 Å². The van der Waals surface area contributed by atoms with Gasteiger partial charge in [-0.3, -0.25) is 0 Å². The van der Waals surface area contributed by atoms with E-state index in [1.54, 1.807) is 0 Å². The first-order chi connectivity index (χ1) is 7.90. The maximum Gasteiger partial charge on any atom is 0.0177 e. The van der Waals surface area contributed by atoms with Crippen LogP contribution in [-0.4, -0.2) is 5.33 Å². The zero-order valence-corrected chi connectivity index (χ0v) is 14.1. The lowest BCUT2D eigenvalue weighted by atomic mass is 9.85. The molecule has 0 bridgehead atoms. The smallest absolute Gasteiger partial charge is 0.0177 e. The summed E-state index contributed by atoms with van der Waals surface area (Å²) in [6.45, 7) is 6.95. The molecule has 0 saturated carbocycles. The molecule has 0 aliphatic carbocycles. The van der Waals surface area contributed by atoms with Crippen LogP contribution in [0.15, 0.2) is 28.7 Å². The summed E-state index contributed by atoms with van der Waals surface area (Å²) in [4.78, 5) is 0. The largest absolute Gasteiger partial charge is 0.0925 e. The molecule has 0 fully saturated rings. The van der Waals surface area contributed by atoms with Gasteiger partial charge in [0.05, 0.1) is 0 Å². The molecular formula is C15H22Br2. The molecule has 1 aromatic carbocycles. The molecular weight excluding hydrogens is 340 g/mol. The summed E-state index contributed by atoms with van der Waals surface area (Å²) in [6, 6.07) is 8.65. The number of rotatable bonds is 5. The molecule has 0 aliphatic rings. The van der Waals surface area contributed by atoms with Crippen LogP contribution in [0.2, 0.25) is 0 Å². The van der Waals surface area contributed by atoms with Gasteiger partial charge in [-0.25, -0.2) is 0 Å². The van der Waals surface area contributed by atoms with E-state index in [-0.39, 0.29) is 0 Å². The number of halogens is 2. The molecule has 0 saturated heterocycles. The van der Waals surface area contributed by atoms with E-state index in [0.29, 0.717) is 5.41 Å². The van der Waals surface area contributed by atoms with Crippen LogP contribution in [0, 0.1) is 11.3 Å². The minimum Gasteiger partial charge on any atom is -0.0925 e. The Bertz CT molecular complexity index is 339. The van der Waals surface area contributed by atoms with Crippen LogP contribution in [0.3, 0.4) is 0 Å². The fourth-order valence-corrected chi connectivity index (χ4v) is 2.87. The van der Waals surface area contributed by atoms with Crippen LogP contribution in [0.4, 0.5) is 0 Å². The second-order valence-electron chi connectivity index (χ2n) is 5.95. The first-order valence-corrected chi connectivity index (χ1v) is 8.12. The van der Waals surface area contributed by atoms with Crippen molar-refractivity contribution in [2.45, 2.75) is 40.0 Å². The van der Waals surface area contributed by atoms with Gasteiger partial charge in [-0.2, -0.15) is 0 Å². The average molecular weight is 362 g/mol. The monoisotopic (exact) mass is 360 g/mol. The molecule has 0 radical (unpaired) electrons. The van der Waals surface area contributed by atoms with Crippen LogP contribution in [-0.2, 0) is 6.42 Å². The molecule has 0 heterocycles. The van der Waals surface area contributed by atoms with E-state index >= 15 is 0 Å². The van der Waals surface area contributed by atoms with E-state index in [4.69, 9.17) is 0 Å². The third-order valence-corrected chi connectivity index (χ3v) is 4.34. The van der Waals surface area contributed by atoms with Gasteiger partial charge < -0.3 is 0 Å². The molecule has 0 nitrogen and oxygen atoms in total. The molecule has 0 spiro atoms. The summed E-state index contributed by atoms with van der Waals surface area (Å²) >= 11 is 7.18. The predicted molar refractivity (Wildman–Crippen MR) is 83.8 cm³/mol. The van der Waals surface area contributed by atoms with Crippen molar-refractivity contribution >= 4 is 31.9 Å². The lowest BCUT2D eigenvalue weighted by Crippen LogP contribution is -2.12. The van der Waals surface area contributed by atoms with Crippen molar-refractivity contribution in [1.29, 1.82) is 0 Å². The maximum atomic E-state index is 3.65. The molecule has 0 aromatic heterocycles. The van der Waals surface area contributed by atoms with Gasteiger partial charge in [0, 0.05) is 9.80 Å². The number of alkyl halides is 1. The van der Waals surface area contributed by atoms with Crippen molar-refractivity contribution in [3.05, 3.63) is 34.3 Å². The van der Waals surface area contributed by atoms with Crippen LogP contribution >= 0.6 is 31.9 Å². The van der Waals surface area contributed by atoms with Gasteiger partial charge in [0.1, 0.15) is 0 Å². The van der Waals surface area contributed by atoms with Crippen molar-refractivity contribution in [2.24, 2.45) is 11.3 Å². The summed E-state index contributed by atoms with van der Waals surface area (Å²) in [6.07, 6.45) is 3.75. The molecule has 96 valence electrons. The fourth-order valence-electron chi connectivity index (χ4n) is 1.87. The van der Waals surface area contributed by atoms with Crippen molar-refractivity contribution in [3.8, 4) is 0 Å². The van der Waals surface area contributed by atoms with Gasteiger partial charge in [-0.15, -0.1) is 0 Å². The quantitative estimate of drug-likeness (QED) is 0.579.